The fourth-order valence-electron chi connectivity index (χ4n) is 2.38. The van der Waals surface area contributed by atoms with E-state index in [1.807, 2.05) is 43.5 Å². The summed E-state index contributed by atoms with van der Waals surface area (Å²) < 4.78 is 5.46. The Balaban J connectivity index is 1.74. The number of hydrogen-bond donors (Lipinski definition) is 2. The van der Waals surface area contributed by atoms with E-state index in [0.29, 0.717) is 37.3 Å². The van der Waals surface area contributed by atoms with Gasteiger partial charge in [-0.15, -0.1) is 11.8 Å². The van der Waals surface area contributed by atoms with Crippen molar-refractivity contribution in [2.75, 3.05) is 24.7 Å². The summed E-state index contributed by atoms with van der Waals surface area (Å²) in [5.41, 5.74) is 1.29. The number of rotatable bonds is 9. The molecule has 0 aromatic heterocycles. The Kier molecular flexibility index (Phi) is 8.02. The monoisotopic (exact) mass is 372 g/mol. The van der Waals surface area contributed by atoms with E-state index < -0.39 is 0 Å². The first kappa shape index (κ1) is 19.8. The SMILES string of the molecule is CCOc1ccccc1C(=O)NCCCC(=O)Nc1ccc(SC)cc1. The van der Waals surface area contributed by atoms with Crippen LogP contribution in [0.2, 0.25) is 0 Å². The number of thioether (sulfide) groups is 1. The Morgan fingerprint density at radius 2 is 1.81 bits per heavy atom. The van der Waals surface area contributed by atoms with Gasteiger partial charge in [-0.25, -0.2) is 0 Å². The lowest BCUT2D eigenvalue weighted by molar-refractivity contribution is -0.116. The molecule has 2 aromatic rings. The van der Waals surface area contributed by atoms with Crippen molar-refractivity contribution in [1.82, 2.24) is 5.32 Å². The number of ether oxygens (including phenoxy) is 1. The Hall–Kier alpha value is -2.47. The van der Waals surface area contributed by atoms with Gasteiger partial charge in [-0.1, -0.05) is 12.1 Å². The van der Waals surface area contributed by atoms with Crippen LogP contribution in [0.4, 0.5) is 5.69 Å². The van der Waals surface area contributed by atoms with E-state index in [9.17, 15) is 9.59 Å². The van der Waals surface area contributed by atoms with E-state index in [4.69, 9.17) is 4.74 Å². The zero-order chi connectivity index (χ0) is 18.8. The predicted octanol–water partition coefficient (Wildman–Crippen LogP) is 3.96. The average molecular weight is 372 g/mol. The van der Waals surface area contributed by atoms with Crippen LogP contribution in [0.15, 0.2) is 53.4 Å². The molecule has 0 bridgehead atoms. The number of benzene rings is 2. The van der Waals surface area contributed by atoms with Crippen molar-refractivity contribution in [2.45, 2.75) is 24.7 Å². The van der Waals surface area contributed by atoms with E-state index in [2.05, 4.69) is 10.6 Å². The van der Waals surface area contributed by atoms with E-state index in [0.717, 1.165) is 10.6 Å². The van der Waals surface area contributed by atoms with Crippen molar-refractivity contribution in [1.29, 1.82) is 0 Å². The van der Waals surface area contributed by atoms with Crippen molar-refractivity contribution in [3.63, 3.8) is 0 Å². The third-order valence-corrected chi connectivity index (χ3v) is 4.42. The number of hydrogen-bond acceptors (Lipinski definition) is 4. The summed E-state index contributed by atoms with van der Waals surface area (Å²) in [6, 6.07) is 14.8. The first-order valence-corrected chi connectivity index (χ1v) is 9.80. The van der Waals surface area contributed by atoms with E-state index >= 15 is 0 Å². The summed E-state index contributed by atoms with van der Waals surface area (Å²) >= 11 is 1.66. The summed E-state index contributed by atoms with van der Waals surface area (Å²) in [7, 11) is 0. The molecular weight excluding hydrogens is 348 g/mol. The highest BCUT2D eigenvalue weighted by molar-refractivity contribution is 7.98. The highest BCUT2D eigenvalue weighted by atomic mass is 32.2. The number of carbonyl (C=O) groups excluding carboxylic acids is 2. The third-order valence-electron chi connectivity index (χ3n) is 3.67. The largest absolute Gasteiger partial charge is 0.493 e. The lowest BCUT2D eigenvalue weighted by atomic mass is 10.2. The zero-order valence-corrected chi connectivity index (χ0v) is 15.9. The molecular formula is C20H24N2O3S. The van der Waals surface area contributed by atoms with Crippen molar-refractivity contribution in [3.05, 3.63) is 54.1 Å². The van der Waals surface area contributed by atoms with Crippen LogP contribution in [0.5, 0.6) is 5.75 Å². The Labute approximate surface area is 158 Å². The first-order valence-electron chi connectivity index (χ1n) is 8.58. The second-order valence-electron chi connectivity index (χ2n) is 5.57. The van der Waals surface area contributed by atoms with Gasteiger partial charge in [0.2, 0.25) is 5.91 Å². The number of amides is 2. The highest BCUT2D eigenvalue weighted by Gasteiger charge is 2.11. The topological polar surface area (TPSA) is 67.4 Å². The first-order chi connectivity index (χ1) is 12.6. The number of nitrogens with one attached hydrogen (secondary N) is 2. The smallest absolute Gasteiger partial charge is 0.255 e. The van der Waals surface area contributed by atoms with Crippen LogP contribution in [0, 0.1) is 0 Å². The van der Waals surface area contributed by atoms with Gasteiger partial charge in [0.05, 0.1) is 12.2 Å². The molecule has 0 saturated carbocycles. The maximum atomic E-state index is 12.2. The van der Waals surface area contributed by atoms with Gasteiger partial charge in [0.25, 0.3) is 5.91 Å². The van der Waals surface area contributed by atoms with Gasteiger partial charge >= 0.3 is 0 Å². The van der Waals surface area contributed by atoms with Crippen molar-refractivity contribution in [2.24, 2.45) is 0 Å². The molecule has 0 radical (unpaired) electrons. The summed E-state index contributed by atoms with van der Waals surface area (Å²) in [6.07, 6.45) is 2.92. The normalized spacial score (nSPS) is 10.2. The van der Waals surface area contributed by atoms with Crippen molar-refractivity contribution < 1.29 is 14.3 Å². The molecule has 0 fully saturated rings. The van der Waals surface area contributed by atoms with Crippen LogP contribution in [0.25, 0.3) is 0 Å². The lowest BCUT2D eigenvalue weighted by Crippen LogP contribution is -2.26. The Bertz CT molecular complexity index is 732. The third kappa shape index (κ3) is 6.11. The second kappa shape index (κ2) is 10.5. The molecule has 0 aliphatic carbocycles. The number of anilines is 1. The fraction of sp³-hybridized carbons (Fsp3) is 0.300. The van der Waals surface area contributed by atoms with E-state index in [1.54, 1.807) is 30.0 Å². The number of carbonyl (C=O) groups is 2. The molecule has 2 rings (SSSR count). The lowest BCUT2D eigenvalue weighted by Gasteiger charge is -2.10. The molecule has 138 valence electrons. The summed E-state index contributed by atoms with van der Waals surface area (Å²) in [5, 5.41) is 5.69. The molecule has 0 atom stereocenters. The molecule has 0 aliphatic rings. The number of para-hydroxylation sites is 1. The van der Waals surface area contributed by atoms with E-state index in [-0.39, 0.29) is 11.8 Å². The predicted molar refractivity (Wildman–Crippen MR) is 106 cm³/mol. The molecule has 5 nitrogen and oxygen atoms in total. The van der Waals surface area contributed by atoms with E-state index in [1.165, 1.54) is 0 Å². The summed E-state index contributed by atoms with van der Waals surface area (Å²) in [5.74, 6) is 0.312. The summed E-state index contributed by atoms with van der Waals surface area (Å²) in [4.78, 5) is 25.4. The molecule has 2 N–H and O–H groups in total. The van der Waals surface area contributed by atoms with Crippen LogP contribution < -0.4 is 15.4 Å². The minimum Gasteiger partial charge on any atom is -0.493 e. The minimum absolute atomic E-state index is 0.0640. The van der Waals surface area contributed by atoms with Gasteiger partial charge in [0, 0.05) is 23.5 Å². The molecule has 2 amide bonds. The molecule has 6 heteroatoms. The van der Waals surface area contributed by atoms with Gasteiger partial charge in [-0.05, 0) is 56.0 Å². The molecule has 26 heavy (non-hydrogen) atoms. The van der Waals surface area contributed by atoms with Gasteiger partial charge < -0.3 is 15.4 Å². The average Bonchev–Trinajstić information content (AvgIpc) is 2.66. The maximum Gasteiger partial charge on any atom is 0.255 e. The van der Waals surface area contributed by atoms with Crippen LogP contribution in [0.3, 0.4) is 0 Å². The van der Waals surface area contributed by atoms with Crippen LogP contribution in [-0.4, -0.2) is 31.2 Å². The molecule has 0 aliphatic heterocycles. The molecule has 0 saturated heterocycles. The van der Waals surface area contributed by atoms with Gasteiger partial charge in [0.15, 0.2) is 0 Å². The van der Waals surface area contributed by atoms with Crippen molar-refractivity contribution >= 4 is 29.3 Å². The maximum absolute atomic E-state index is 12.2. The Morgan fingerprint density at radius 3 is 2.50 bits per heavy atom. The molecule has 0 spiro atoms. The van der Waals surface area contributed by atoms with Gasteiger partial charge in [-0.3, -0.25) is 9.59 Å². The van der Waals surface area contributed by atoms with Gasteiger partial charge in [-0.2, -0.15) is 0 Å². The van der Waals surface area contributed by atoms with Crippen LogP contribution >= 0.6 is 11.8 Å². The quantitative estimate of drug-likeness (QED) is 0.516. The van der Waals surface area contributed by atoms with Crippen LogP contribution in [-0.2, 0) is 4.79 Å². The standard InChI is InChI=1S/C20H24N2O3S/c1-3-25-18-8-5-4-7-17(18)20(24)21-14-6-9-19(23)22-15-10-12-16(26-2)13-11-15/h4-5,7-8,10-13H,3,6,9,14H2,1-2H3,(H,21,24)(H,22,23). The van der Waals surface area contributed by atoms with Crippen LogP contribution in [0.1, 0.15) is 30.1 Å². The molecule has 0 unspecified atom stereocenters. The zero-order valence-electron chi connectivity index (χ0n) is 15.1. The highest BCUT2D eigenvalue weighted by Crippen LogP contribution is 2.18. The molecule has 0 heterocycles. The Morgan fingerprint density at radius 1 is 1.08 bits per heavy atom. The molecule has 2 aromatic carbocycles. The minimum atomic E-state index is -0.192. The van der Waals surface area contributed by atoms with Crippen molar-refractivity contribution in [3.8, 4) is 5.75 Å². The van der Waals surface area contributed by atoms with Gasteiger partial charge in [0.1, 0.15) is 5.75 Å². The summed E-state index contributed by atoms with van der Waals surface area (Å²) in [6.45, 7) is 2.81. The fourth-order valence-corrected chi connectivity index (χ4v) is 2.79. The second-order valence-corrected chi connectivity index (χ2v) is 6.44.